The van der Waals surface area contributed by atoms with E-state index in [1.54, 1.807) is 45.5 Å². The maximum absolute atomic E-state index is 14.3. The number of fused-ring (bicyclic) bond motifs is 1. The molecule has 212 valence electrons. The molecule has 1 spiro atoms. The standard InChI is InChI=1S/C30H40BrN3O4S/c1-5-8-16-32(14-6-2)29(38)26-30-17-22(31)25(39-30)23(24(30)28(37)34(26)20(4)19-35)27(36)33(15-7-3)18-21-12-10-9-11-13-21/h6-7,9-13,20,22-26,35H,2-3,5,8,14-19H2,1,4H3/t20-,22?,23-,24+,25-,26?,30?/m1/s1. The molecule has 3 aliphatic heterocycles. The van der Waals surface area contributed by atoms with Gasteiger partial charge >= 0.3 is 0 Å². The van der Waals surface area contributed by atoms with Gasteiger partial charge in [-0.3, -0.25) is 14.4 Å². The minimum atomic E-state index is -0.746. The van der Waals surface area contributed by atoms with Crippen LogP contribution in [0.4, 0.5) is 0 Å². The number of halogens is 1. The minimum absolute atomic E-state index is 0.00835. The number of hydrogen-bond acceptors (Lipinski definition) is 5. The van der Waals surface area contributed by atoms with Gasteiger partial charge in [0.2, 0.25) is 17.7 Å². The molecule has 7 atom stereocenters. The molecule has 0 aromatic heterocycles. The van der Waals surface area contributed by atoms with Gasteiger partial charge in [0.1, 0.15) is 6.04 Å². The molecule has 39 heavy (non-hydrogen) atoms. The normalized spacial score (nSPS) is 29.7. The topological polar surface area (TPSA) is 81.2 Å². The molecule has 3 amide bonds. The third kappa shape index (κ3) is 5.34. The highest BCUT2D eigenvalue weighted by Gasteiger charge is 2.76. The number of nitrogens with zero attached hydrogens (tertiary/aromatic N) is 3. The summed E-state index contributed by atoms with van der Waals surface area (Å²) in [6.45, 7) is 13.1. The number of thioether (sulfide) groups is 1. The first-order valence-corrected chi connectivity index (χ1v) is 15.6. The Labute approximate surface area is 244 Å². The number of unbranched alkanes of at least 4 members (excludes halogenated alkanes) is 1. The zero-order valence-corrected chi connectivity index (χ0v) is 25.3. The van der Waals surface area contributed by atoms with Crippen LogP contribution in [-0.2, 0) is 20.9 Å². The average Bonchev–Trinajstić information content (AvgIpc) is 3.53. The summed E-state index contributed by atoms with van der Waals surface area (Å²) >= 11 is 5.47. The lowest BCUT2D eigenvalue weighted by Crippen LogP contribution is -2.57. The van der Waals surface area contributed by atoms with Crippen LogP contribution in [0, 0.1) is 11.8 Å². The second-order valence-corrected chi connectivity index (χ2v) is 13.6. The fraction of sp³-hybridized carbons (Fsp3) is 0.567. The number of amides is 3. The Balaban J connectivity index is 1.74. The number of rotatable bonds is 13. The fourth-order valence-electron chi connectivity index (χ4n) is 6.56. The molecule has 7 nitrogen and oxygen atoms in total. The summed E-state index contributed by atoms with van der Waals surface area (Å²) in [5.74, 6) is -1.60. The molecule has 4 rings (SSSR count). The van der Waals surface area contributed by atoms with Gasteiger partial charge in [0.15, 0.2) is 0 Å². The van der Waals surface area contributed by atoms with Crippen molar-refractivity contribution in [3.63, 3.8) is 0 Å². The van der Waals surface area contributed by atoms with Crippen molar-refractivity contribution in [1.82, 2.24) is 14.7 Å². The Morgan fingerprint density at radius 2 is 1.87 bits per heavy atom. The number of carbonyl (C=O) groups excluding carboxylic acids is 3. The maximum Gasteiger partial charge on any atom is 0.247 e. The average molecular weight is 619 g/mol. The van der Waals surface area contributed by atoms with Gasteiger partial charge in [0, 0.05) is 36.3 Å². The molecule has 1 aromatic rings. The number of aliphatic hydroxyl groups is 1. The van der Waals surface area contributed by atoms with Gasteiger partial charge in [0.05, 0.1) is 29.2 Å². The Morgan fingerprint density at radius 1 is 1.21 bits per heavy atom. The van der Waals surface area contributed by atoms with E-state index in [-0.39, 0.29) is 34.4 Å². The summed E-state index contributed by atoms with van der Waals surface area (Å²) in [4.78, 5) is 47.9. The van der Waals surface area contributed by atoms with Crippen LogP contribution in [0.5, 0.6) is 0 Å². The molecule has 0 aliphatic carbocycles. The van der Waals surface area contributed by atoms with Crippen LogP contribution in [-0.4, -0.2) is 90.7 Å². The van der Waals surface area contributed by atoms with E-state index in [2.05, 4.69) is 36.0 Å². The first-order valence-electron chi connectivity index (χ1n) is 13.8. The zero-order valence-electron chi connectivity index (χ0n) is 22.9. The molecular formula is C30H40BrN3O4S. The van der Waals surface area contributed by atoms with Gasteiger partial charge < -0.3 is 19.8 Å². The quantitative estimate of drug-likeness (QED) is 0.268. The molecule has 0 radical (unpaired) electrons. The highest BCUT2D eigenvalue weighted by atomic mass is 79.9. The first kappa shape index (κ1) is 29.9. The Morgan fingerprint density at radius 3 is 2.49 bits per heavy atom. The van der Waals surface area contributed by atoms with Crippen LogP contribution in [0.2, 0.25) is 0 Å². The van der Waals surface area contributed by atoms with Crippen molar-refractivity contribution in [2.75, 3.05) is 26.2 Å². The van der Waals surface area contributed by atoms with Crippen molar-refractivity contribution < 1.29 is 19.5 Å². The van der Waals surface area contributed by atoms with E-state index in [9.17, 15) is 19.5 Å². The maximum atomic E-state index is 14.3. The summed E-state index contributed by atoms with van der Waals surface area (Å²) in [7, 11) is 0. The smallest absolute Gasteiger partial charge is 0.247 e. The van der Waals surface area contributed by atoms with Crippen LogP contribution < -0.4 is 0 Å². The minimum Gasteiger partial charge on any atom is -0.394 e. The fourth-order valence-corrected chi connectivity index (χ4v) is 10.1. The molecule has 3 unspecified atom stereocenters. The first-order chi connectivity index (χ1) is 18.7. The lowest BCUT2D eigenvalue weighted by molar-refractivity contribution is -0.146. The highest BCUT2D eigenvalue weighted by molar-refractivity contribution is 9.09. The van der Waals surface area contributed by atoms with Gasteiger partial charge in [-0.25, -0.2) is 0 Å². The predicted molar refractivity (Wildman–Crippen MR) is 159 cm³/mol. The largest absolute Gasteiger partial charge is 0.394 e. The van der Waals surface area contributed by atoms with E-state index < -0.39 is 28.7 Å². The van der Waals surface area contributed by atoms with Crippen molar-refractivity contribution in [3.8, 4) is 0 Å². The Bertz CT molecular complexity index is 1090. The van der Waals surface area contributed by atoms with Crippen molar-refractivity contribution in [1.29, 1.82) is 0 Å². The second-order valence-electron chi connectivity index (χ2n) is 10.9. The molecule has 3 saturated heterocycles. The van der Waals surface area contributed by atoms with Crippen LogP contribution in [0.15, 0.2) is 55.6 Å². The van der Waals surface area contributed by atoms with Crippen LogP contribution in [0.1, 0.15) is 38.7 Å². The molecule has 1 aromatic carbocycles. The van der Waals surface area contributed by atoms with Crippen molar-refractivity contribution in [2.45, 2.75) is 66.6 Å². The summed E-state index contributed by atoms with van der Waals surface area (Å²) in [5.41, 5.74) is 1.01. The monoisotopic (exact) mass is 617 g/mol. The number of benzene rings is 1. The van der Waals surface area contributed by atoms with Gasteiger partial charge in [0.25, 0.3) is 0 Å². The number of aliphatic hydroxyl groups excluding tert-OH is 1. The number of hydrogen-bond donors (Lipinski definition) is 1. The summed E-state index contributed by atoms with van der Waals surface area (Å²) in [6, 6.07) is 8.51. The third-order valence-electron chi connectivity index (χ3n) is 8.31. The van der Waals surface area contributed by atoms with Gasteiger partial charge in [-0.05, 0) is 25.3 Å². The van der Waals surface area contributed by atoms with E-state index in [4.69, 9.17) is 0 Å². The second kappa shape index (κ2) is 12.6. The summed E-state index contributed by atoms with van der Waals surface area (Å²) in [5, 5.41) is 10.0. The SMILES string of the molecule is C=CCN(CCCC)C(=O)C1N([C@H](C)CO)C(=O)[C@@H]2[C@@H](C(=O)N(CC=C)Cc3ccccc3)[C@@H]3SC12CC3Br. The lowest BCUT2D eigenvalue weighted by Gasteiger charge is -2.39. The molecule has 2 bridgehead atoms. The molecular weight excluding hydrogens is 578 g/mol. The molecule has 1 N–H and O–H groups in total. The summed E-state index contributed by atoms with van der Waals surface area (Å²) in [6.07, 6.45) is 5.83. The van der Waals surface area contributed by atoms with Crippen molar-refractivity contribution in [2.24, 2.45) is 11.8 Å². The van der Waals surface area contributed by atoms with Gasteiger partial charge in [-0.2, -0.15) is 0 Å². The van der Waals surface area contributed by atoms with Gasteiger partial charge in [-0.15, -0.1) is 24.9 Å². The molecule has 3 aliphatic rings. The van der Waals surface area contributed by atoms with E-state index >= 15 is 0 Å². The van der Waals surface area contributed by atoms with E-state index in [0.29, 0.717) is 32.6 Å². The van der Waals surface area contributed by atoms with Crippen LogP contribution >= 0.6 is 27.7 Å². The zero-order chi connectivity index (χ0) is 28.3. The Kier molecular flexibility index (Phi) is 9.65. The predicted octanol–water partition coefficient (Wildman–Crippen LogP) is 3.86. The summed E-state index contributed by atoms with van der Waals surface area (Å²) < 4.78 is -0.741. The highest BCUT2D eigenvalue weighted by Crippen LogP contribution is 2.68. The molecule has 0 saturated carbocycles. The molecule has 9 heteroatoms. The number of likely N-dealkylation sites (tertiary alicyclic amines) is 1. The molecule has 3 heterocycles. The molecule has 3 fully saturated rings. The number of carbonyl (C=O) groups is 3. The van der Waals surface area contributed by atoms with E-state index in [1.165, 1.54) is 0 Å². The number of alkyl halides is 1. The van der Waals surface area contributed by atoms with E-state index in [0.717, 1.165) is 18.4 Å². The van der Waals surface area contributed by atoms with Crippen LogP contribution in [0.3, 0.4) is 0 Å². The van der Waals surface area contributed by atoms with Crippen molar-refractivity contribution in [3.05, 3.63) is 61.2 Å². The van der Waals surface area contributed by atoms with Crippen molar-refractivity contribution >= 4 is 45.4 Å². The Hall–Kier alpha value is -2.10. The lowest BCUT2D eigenvalue weighted by atomic mass is 9.70. The van der Waals surface area contributed by atoms with Gasteiger partial charge in [-0.1, -0.05) is 71.8 Å². The van der Waals surface area contributed by atoms with E-state index in [1.807, 2.05) is 30.3 Å². The third-order valence-corrected chi connectivity index (χ3v) is 11.5. The van der Waals surface area contributed by atoms with Crippen LogP contribution in [0.25, 0.3) is 0 Å².